The number of nitrogens with two attached hydrogens (primary N) is 1. The van der Waals surface area contributed by atoms with Gasteiger partial charge in [-0.1, -0.05) is 23.8 Å². The Balaban J connectivity index is 2.52. The van der Waals surface area contributed by atoms with Crippen molar-refractivity contribution in [3.63, 3.8) is 0 Å². The van der Waals surface area contributed by atoms with E-state index in [9.17, 15) is 8.42 Å². The summed E-state index contributed by atoms with van der Waals surface area (Å²) in [4.78, 5) is 2.08. The molecule has 0 radical (unpaired) electrons. The van der Waals surface area contributed by atoms with Crippen LogP contribution in [0.1, 0.15) is 5.56 Å². The second-order valence-electron chi connectivity index (χ2n) is 4.58. The number of rotatable bonds is 3. The second kappa shape index (κ2) is 6.09. The summed E-state index contributed by atoms with van der Waals surface area (Å²) in [7, 11) is -3.20. The van der Waals surface area contributed by atoms with Crippen molar-refractivity contribution in [3.8, 4) is 0 Å². The highest BCUT2D eigenvalue weighted by Crippen LogP contribution is 2.31. The second-order valence-corrected chi connectivity index (χ2v) is 8.81. The van der Waals surface area contributed by atoms with Crippen LogP contribution in [0.4, 0.5) is 5.69 Å². The zero-order chi connectivity index (χ0) is 14.9. The number of hydrogen-bond acceptors (Lipinski definition) is 5. The van der Waals surface area contributed by atoms with Crippen LogP contribution in [-0.4, -0.2) is 43.1 Å². The van der Waals surface area contributed by atoms with Crippen LogP contribution >= 0.6 is 35.6 Å². The van der Waals surface area contributed by atoms with Gasteiger partial charge < -0.3 is 10.6 Å². The monoisotopic (exact) mass is 350 g/mol. The Hall–Kier alpha value is -0.500. The first-order chi connectivity index (χ1) is 9.30. The molecule has 0 saturated carbocycles. The van der Waals surface area contributed by atoms with Crippen molar-refractivity contribution >= 4 is 56.1 Å². The van der Waals surface area contributed by atoms with Crippen LogP contribution < -0.4 is 10.6 Å². The van der Waals surface area contributed by atoms with E-state index in [2.05, 4.69) is 0 Å². The molecule has 0 spiro atoms. The molecule has 1 heterocycles. The summed E-state index contributed by atoms with van der Waals surface area (Å²) >= 11 is 12.7. The summed E-state index contributed by atoms with van der Waals surface area (Å²) in [5.41, 5.74) is 7.09. The SMILES string of the molecule is CS(=O)(=O)C1CSCCN1c1cc(Cl)ccc1C(N)=S. The summed E-state index contributed by atoms with van der Waals surface area (Å²) in [5.74, 6) is 1.39. The van der Waals surface area contributed by atoms with Crippen molar-refractivity contribution in [2.45, 2.75) is 5.37 Å². The van der Waals surface area contributed by atoms with E-state index < -0.39 is 15.2 Å². The van der Waals surface area contributed by atoms with Gasteiger partial charge in [-0.05, 0) is 18.2 Å². The first-order valence-electron chi connectivity index (χ1n) is 5.93. The lowest BCUT2D eigenvalue weighted by Crippen LogP contribution is -2.47. The van der Waals surface area contributed by atoms with Gasteiger partial charge in [0.2, 0.25) is 0 Å². The van der Waals surface area contributed by atoms with Crippen LogP contribution in [0.2, 0.25) is 5.02 Å². The van der Waals surface area contributed by atoms with Crippen LogP contribution in [0.15, 0.2) is 18.2 Å². The van der Waals surface area contributed by atoms with Crippen molar-refractivity contribution in [3.05, 3.63) is 28.8 Å². The molecule has 0 amide bonds. The third-order valence-corrected chi connectivity index (χ3v) is 6.21. The topological polar surface area (TPSA) is 63.4 Å². The van der Waals surface area contributed by atoms with Gasteiger partial charge in [-0.2, -0.15) is 11.8 Å². The van der Waals surface area contributed by atoms with Crippen molar-refractivity contribution in [1.82, 2.24) is 0 Å². The zero-order valence-corrected chi connectivity index (χ0v) is 14.1. The summed E-state index contributed by atoms with van der Waals surface area (Å²) in [5, 5.41) is -0.0432. The minimum Gasteiger partial charge on any atom is -0.389 e. The van der Waals surface area contributed by atoms with Crippen molar-refractivity contribution < 1.29 is 8.42 Å². The lowest BCUT2D eigenvalue weighted by atomic mass is 10.1. The summed E-state index contributed by atoms with van der Waals surface area (Å²) in [6.45, 7) is 0.623. The standard InChI is InChI=1S/C12H15ClN2O2S3/c1-20(16,17)11-7-19-5-4-15(11)10-6-8(13)2-3-9(10)12(14)18/h2-3,6,11H,4-5,7H2,1H3,(H2,14,18). The number of hydrogen-bond donors (Lipinski definition) is 1. The molecule has 1 fully saturated rings. The fraction of sp³-hybridized carbons (Fsp3) is 0.417. The van der Waals surface area contributed by atoms with E-state index in [-0.39, 0.29) is 4.99 Å². The van der Waals surface area contributed by atoms with Crippen molar-refractivity contribution in [2.24, 2.45) is 5.73 Å². The molecule has 2 N–H and O–H groups in total. The van der Waals surface area contributed by atoms with Gasteiger partial charge in [0.1, 0.15) is 10.4 Å². The maximum absolute atomic E-state index is 12.0. The average molecular weight is 351 g/mol. The van der Waals surface area contributed by atoms with Crippen LogP contribution in [0.25, 0.3) is 0 Å². The van der Waals surface area contributed by atoms with Gasteiger partial charge in [-0.3, -0.25) is 0 Å². The van der Waals surface area contributed by atoms with Crippen molar-refractivity contribution in [2.75, 3.05) is 29.2 Å². The number of anilines is 1. The highest BCUT2D eigenvalue weighted by Gasteiger charge is 2.32. The molecule has 1 aromatic rings. The normalized spacial score (nSPS) is 19.9. The van der Waals surface area contributed by atoms with Gasteiger partial charge >= 0.3 is 0 Å². The lowest BCUT2D eigenvalue weighted by molar-refractivity contribution is 0.584. The Morgan fingerprint density at radius 3 is 2.85 bits per heavy atom. The quantitative estimate of drug-likeness (QED) is 0.840. The van der Waals surface area contributed by atoms with E-state index in [1.54, 1.807) is 30.0 Å². The first-order valence-corrected chi connectivity index (χ1v) is 9.83. The molecular formula is C12H15ClN2O2S3. The van der Waals surface area contributed by atoms with Gasteiger partial charge in [0.15, 0.2) is 9.84 Å². The minimum absolute atomic E-state index is 0.238. The molecule has 1 aliphatic rings. The molecule has 110 valence electrons. The fourth-order valence-corrected chi connectivity index (χ4v) is 5.33. The smallest absolute Gasteiger partial charge is 0.169 e. The molecule has 0 bridgehead atoms. The third kappa shape index (κ3) is 3.39. The molecule has 2 rings (SSSR count). The van der Waals surface area contributed by atoms with Gasteiger partial charge in [0.25, 0.3) is 0 Å². The van der Waals surface area contributed by atoms with E-state index in [1.165, 1.54) is 6.26 Å². The summed E-state index contributed by atoms with van der Waals surface area (Å²) in [6, 6.07) is 5.17. The first kappa shape index (κ1) is 15.9. The maximum atomic E-state index is 12.0. The Bertz CT molecular complexity index is 634. The molecule has 4 nitrogen and oxygen atoms in total. The molecule has 0 aliphatic carbocycles. The molecule has 8 heteroatoms. The number of halogens is 1. The number of benzene rings is 1. The van der Waals surface area contributed by atoms with Crippen LogP contribution in [0.5, 0.6) is 0 Å². The van der Waals surface area contributed by atoms with Gasteiger partial charge in [-0.25, -0.2) is 8.42 Å². The molecule has 1 aromatic carbocycles. The number of sulfone groups is 1. The highest BCUT2D eigenvalue weighted by atomic mass is 35.5. The third-order valence-electron chi connectivity index (χ3n) is 3.11. The molecule has 1 unspecified atom stereocenters. The Kier molecular flexibility index (Phi) is 4.84. The number of thiocarbonyl (C=S) groups is 1. The van der Waals surface area contributed by atoms with Gasteiger partial charge in [0.05, 0.1) is 0 Å². The Morgan fingerprint density at radius 2 is 2.25 bits per heavy atom. The Labute approximate surface area is 133 Å². The zero-order valence-electron chi connectivity index (χ0n) is 10.9. The fourth-order valence-electron chi connectivity index (χ4n) is 2.16. The molecule has 0 aromatic heterocycles. The number of thioether (sulfide) groups is 1. The van der Waals surface area contributed by atoms with Crippen LogP contribution in [0.3, 0.4) is 0 Å². The predicted octanol–water partition coefficient (Wildman–Crippen LogP) is 1.90. The molecule has 1 aliphatic heterocycles. The molecular weight excluding hydrogens is 336 g/mol. The van der Waals surface area contributed by atoms with E-state index in [0.717, 1.165) is 5.75 Å². The van der Waals surface area contributed by atoms with Crippen LogP contribution in [0, 0.1) is 0 Å². The summed E-state index contributed by atoms with van der Waals surface area (Å²) < 4.78 is 24.0. The van der Waals surface area contributed by atoms with E-state index in [4.69, 9.17) is 29.6 Å². The van der Waals surface area contributed by atoms with E-state index in [0.29, 0.717) is 28.6 Å². The van der Waals surface area contributed by atoms with Gasteiger partial charge in [0, 0.05) is 40.6 Å². The number of nitrogens with zero attached hydrogens (tertiary/aromatic N) is 1. The average Bonchev–Trinajstić information content (AvgIpc) is 2.37. The largest absolute Gasteiger partial charge is 0.389 e. The molecule has 1 saturated heterocycles. The maximum Gasteiger partial charge on any atom is 0.169 e. The van der Waals surface area contributed by atoms with Gasteiger partial charge in [-0.15, -0.1) is 0 Å². The van der Waals surface area contributed by atoms with Crippen LogP contribution in [-0.2, 0) is 9.84 Å². The molecule has 20 heavy (non-hydrogen) atoms. The van der Waals surface area contributed by atoms with E-state index >= 15 is 0 Å². The van der Waals surface area contributed by atoms with E-state index in [1.807, 2.05) is 4.90 Å². The minimum atomic E-state index is -3.20. The Morgan fingerprint density at radius 1 is 1.55 bits per heavy atom. The molecule has 1 atom stereocenters. The highest BCUT2D eigenvalue weighted by molar-refractivity contribution is 8.01. The summed E-state index contributed by atoms with van der Waals surface area (Å²) in [6.07, 6.45) is 1.25. The van der Waals surface area contributed by atoms with Crippen molar-refractivity contribution in [1.29, 1.82) is 0 Å². The lowest BCUT2D eigenvalue weighted by Gasteiger charge is -2.37. The predicted molar refractivity (Wildman–Crippen MR) is 90.6 cm³/mol.